The molecule has 0 radical (unpaired) electrons. The topological polar surface area (TPSA) is 64.2 Å². The van der Waals surface area contributed by atoms with E-state index in [9.17, 15) is 4.79 Å². The number of hydrogen-bond donors (Lipinski definition) is 0. The Bertz CT molecular complexity index is 616. The van der Waals surface area contributed by atoms with E-state index in [1.54, 1.807) is 18.0 Å². The maximum absolute atomic E-state index is 12.3. The Kier molecular flexibility index (Phi) is 4.45. The molecule has 0 aliphatic heterocycles. The number of aryl methyl sites for hydroxylation is 2. The van der Waals surface area contributed by atoms with Crippen molar-refractivity contribution in [3.8, 4) is 0 Å². The molecule has 1 amide bonds. The van der Waals surface area contributed by atoms with Gasteiger partial charge in [0.25, 0.3) is 0 Å². The first-order chi connectivity index (χ1) is 9.91. The highest BCUT2D eigenvalue weighted by atomic mass is 16.5. The SMILES string of the molecule is Cc1nn(C)c(C)c1CCC(=O)N(C)C(C)c1ccon1. The van der Waals surface area contributed by atoms with Crippen LogP contribution < -0.4 is 0 Å². The van der Waals surface area contributed by atoms with Gasteiger partial charge in [0.2, 0.25) is 5.91 Å². The minimum Gasteiger partial charge on any atom is -0.364 e. The van der Waals surface area contributed by atoms with Gasteiger partial charge in [-0.05, 0) is 32.8 Å². The molecule has 2 aromatic heterocycles. The highest BCUT2D eigenvalue weighted by Crippen LogP contribution is 2.19. The first-order valence-corrected chi connectivity index (χ1v) is 7.06. The van der Waals surface area contributed by atoms with Crippen molar-refractivity contribution in [2.24, 2.45) is 7.05 Å². The van der Waals surface area contributed by atoms with Crippen LogP contribution in [0, 0.1) is 13.8 Å². The summed E-state index contributed by atoms with van der Waals surface area (Å²) in [6.45, 7) is 5.95. The van der Waals surface area contributed by atoms with Gasteiger partial charge in [-0.2, -0.15) is 5.10 Å². The molecule has 6 heteroatoms. The van der Waals surface area contributed by atoms with Crippen molar-refractivity contribution in [1.29, 1.82) is 0 Å². The lowest BCUT2D eigenvalue weighted by Gasteiger charge is -2.23. The monoisotopic (exact) mass is 290 g/mol. The zero-order valence-electron chi connectivity index (χ0n) is 13.3. The summed E-state index contributed by atoms with van der Waals surface area (Å²) in [5, 5.41) is 8.27. The third-order valence-corrected chi connectivity index (χ3v) is 4.11. The van der Waals surface area contributed by atoms with E-state index in [-0.39, 0.29) is 11.9 Å². The third kappa shape index (κ3) is 3.15. The van der Waals surface area contributed by atoms with Crippen LogP contribution in [0.3, 0.4) is 0 Å². The summed E-state index contributed by atoms with van der Waals surface area (Å²) in [5.74, 6) is 0.0909. The highest BCUT2D eigenvalue weighted by molar-refractivity contribution is 5.76. The standard InChI is InChI=1S/C15H22N4O2/c1-10-13(11(2)19(5)16-10)6-7-15(20)18(4)12(3)14-8-9-21-17-14/h8-9,12H,6-7H2,1-5H3. The third-order valence-electron chi connectivity index (χ3n) is 4.11. The molecular weight excluding hydrogens is 268 g/mol. The maximum atomic E-state index is 12.3. The number of hydrogen-bond acceptors (Lipinski definition) is 4. The van der Waals surface area contributed by atoms with Crippen LogP contribution in [0.4, 0.5) is 0 Å². The second-order valence-corrected chi connectivity index (χ2v) is 5.38. The maximum Gasteiger partial charge on any atom is 0.223 e. The van der Waals surface area contributed by atoms with Gasteiger partial charge in [-0.15, -0.1) is 0 Å². The predicted octanol–water partition coefficient (Wildman–Crippen LogP) is 2.18. The number of rotatable bonds is 5. The first-order valence-electron chi connectivity index (χ1n) is 7.06. The molecule has 0 aliphatic carbocycles. The lowest BCUT2D eigenvalue weighted by Crippen LogP contribution is -2.30. The first kappa shape index (κ1) is 15.3. The molecule has 0 bridgehead atoms. The molecule has 0 N–H and O–H groups in total. The molecule has 1 unspecified atom stereocenters. The van der Waals surface area contributed by atoms with Gasteiger partial charge in [0.05, 0.1) is 11.7 Å². The van der Waals surface area contributed by atoms with Gasteiger partial charge in [-0.3, -0.25) is 9.48 Å². The van der Waals surface area contributed by atoms with Gasteiger partial charge in [-0.25, -0.2) is 0 Å². The Morgan fingerprint density at radius 2 is 2.19 bits per heavy atom. The number of carbonyl (C=O) groups excluding carboxylic acids is 1. The Balaban J connectivity index is 1.98. The van der Waals surface area contributed by atoms with E-state index < -0.39 is 0 Å². The summed E-state index contributed by atoms with van der Waals surface area (Å²) in [5.41, 5.74) is 4.04. The lowest BCUT2D eigenvalue weighted by atomic mass is 10.1. The molecule has 2 aromatic rings. The van der Waals surface area contributed by atoms with E-state index in [1.165, 1.54) is 6.26 Å². The summed E-state index contributed by atoms with van der Waals surface area (Å²) < 4.78 is 6.69. The van der Waals surface area contributed by atoms with Crippen molar-refractivity contribution >= 4 is 5.91 Å². The lowest BCUT2D eigenvalue weighted by molar-refractivity contribution is -0.131. The molecule has 6 nitrogen and oxygen atoms in total. The van der Waals surface area contributed by atoms with Gasteiger partial charge in [0.15, 0.2) is 0 Å². The van der Waals surface area contributed by atoms with Gasteiger partial charge in [-0.1, -0.05) is 5.16 Å². The molecule has 2 heterocycles. The van der Waals surface area contributed by atoms with Gasteiger partial charge in [0, 0.05) is 32.3 Å². The summed E-state index contributed by atoms with van der Waals surface area (Å²) >= 11 is 0. The van der Waals surface area contributed by atoms with E-state index in [2.05, 4.69) is 10.3 Å². The molecule has 0 spiro atoms. The summed E-state index contributed by atoms with van der Waals surface area (Å²) in [4.78, 5) is 14.0. The normalized spacial score (nSPS) is 12.4. The summed E-state index contributed by atoms with van der Waals surface area (Å²) in [7, 11) is 3.72. The number of aromatic nitrogens is 3. The molecule has 0 aromatic carbocycles. The van der Waals surface area contributed by atoms with Crippen LogP contribution in [0.15, 0.2) is 16.9 Å². The van der Waals surface area contributed by atoms with Crippen molar-refractivity contribution in [1.82, 2.24) is 19.8 Å². The van der Waals surface area contributed by atoms with Gasteiger partial charge >= 0.3 is 0 Å². The molecule has 0 saturated carbocycles. The number of amides is 1. The van der Waals surface area contributed by atoms with E-state index in [1.807, 2.05) is 32.5 Å². The quantitative estimate of drug-likeness (QED) is 0.846. The van der Waals surface area contributed by atoms with Gasteiger partial charge in [0.1, 0.15) is 12.0 Å². The fraction of sp³-hybridized carbons (Fsp3) is 0.533. The highest BCUT2D eigenvalue weighted by Gasteiger charge is 2.20. The smallest absolute Gasteiger partial charge is 0.223 e. The predicted molar refractivity (Wildman–Crippen MR) is 78.7 cm³/mol. The van der Waals surface area contributed by atoms with Crippen LogP contribution in [-0.4, -0.2) is 32.8 Å². The van der Waals surface area contributed by atoms with Crippen LogP contribution in [0.1, 0.15) is 42.0 Å². The van der Waals surface area contributed by atoms with Crippen LogP contribution in [-0.2, 0) is 18.3 Å². The molecular formula is C15H22N4O2. The molecule has 0 fully saturated rings. The summed E-state index contributed by atoms with van der Waals surface area (Å²) in [6.07, 6.45) is 2.69. The van der Waals surface area contributed by atoms with E-state index in [0.29, 0.717) is 12.8 Å². The second-order valence-electron chi connectivity index (χ2n) is 5.38. The zero-order valence-corrected chi connectivity index (χ0v) is 13.3. The van der Waals surface area contributed by atoms with Crippen LogP contribution >= 0.6 is 0 Å². The largest absolute Gasteiger partial charge is 0.364 e. The molecule has 0 aliphatic rings. The molecule has 21 heavy (non-hydrogen) atoms. The average Bonchev–Trinajstić information content (AvgIpc) is 3.06. The minimum atomic E-state index is -0.0904. The summed E-state index contributed by atoms with van der Waals surface area (Å²) in [6, 6.07) is 1.69. The number of nitrogens with zero attached hydrogens (tertiary/aromatic N) is 4. The van der Waals surface area contributed by atoms with Crippen molar-refractivity contribution in [3.63, 3.8) is 0 Å². The molecule has 114 valence electrons. The van der Waals surface area contributed by atoms with Crippen LogP contribution in [0.2, 0.25) is 0 Å². The zero-order chi connectivity index (χ0) is 15.6. The Hall–Kier alpha value is -2.11. The Labute approximate surface area is 124 Å². The van der Waals surface area contributed by atoms with Crippen molar-refractivity contribution in [2.75, 3.05) is 7.05 Å². The van der Waals surface area contributed by atoms with E-state index in [0.717, 1.165) is 22.6 Å². The minimum absolute atomic E-state index is 0.0904. The molecule has 2 rings (SSSR count). The van der Waals surface area contributed by atoms with Crippen molar-refractivity contribution < 1.29 is 9.32 Å². The Morgan fingerprint density at radius 3 is 2.71 bits per heavy atom. The fourth-order valence-corrected chi connectivity index (χ4v) is 2.44. The fourth-order valence-electron chi connectivity index (χ4n) is 2.44. The number of carbonyl (C=O) groups is 1. The second kappa shape index (κ2) is 6.11. The van der Waals surface area contributed by atoms with Crippen molar-refractivity contribution in [3.05, 3.63) is 35.0 Å². The van der Waals surface area contributed by atoms with E-state index >= 15 is 0 Å². The average molecular weight is 290 g/mol. The van der Waals surface area contributed by atoms with Crippen LogP contribution in [0.25, 0.3) is 0 Å². The van der Waals surface area contributed by atoms with Gasteiger partial charge < -0.3 is 9.42 Å². The Morgan fingerprint density at radius 1 is 1.48 bits per heavy atom. The van der Waals surface area contributed by atoms with E-state index in [4.69, 9.17) is 4.52 Å². The van der Waals surface area contributed by atoms with Crippen molar-refractivity contribution in [2.45, 2.75) is 39.7 Å². The molecule has 1 atom stereocenters. The molecule has 0 saturated heterocycles. The van der Waals surface area contributed by atoms with Crippen LogP contribution in [0.5, 0.6) is 0 Å².